The van der Waals surface area contributed by atoms with Gasteiger partial charge in [-0.2, -0.15) is 0 Å². The lowest BCUT2D eigenvalue weighted by molar-refractivity contribution is 0.297. The SMILES string of the molecule is CCCCCC1CCC(c2c(C)ccc(F)c2F)CC1. The van der Waals surface area contributed by atoms with Crippen LogP contribution in [-0.2, 0) is 0 Å². The van der Waals surface area contributed by atoms with Crippen molar-refractivity contribution in [2.75, 3.05) is 0 Å². The van der Waals surface area contributed by atoms with E-state index in [1.807, 2.05) is 6.92 Å². The van der Waals surface area contributed by atoms with Gasteiger partial charge in [0.15, 0.2) is 11.6 Å². The highest BCUT2D eigenvalue weighted by atomic mass is 19.2. The van der Waals surface area contributed by atoms with Crippen molar-refractivity contribution in [2.45, 2.75) is 71.1 Å². The summed E-state index contributed by atoms with van der Waals surface area (Å²) in [5, 5.41) is 0. The molecule has 0 spiro atoms. The molecule has 20 heavy (non-hydrogen) atoms. The van der Waals surface area contributed by atoms with Crippen molar-refractivity contribution in [2.24, 2.45) is 5.92 Å². The largest absolute Gasteiger partial charge is 0.204 e. The smallest absolute Gasteiger partial charge is 0.162 e. The van der Waals surface area contributed by atoms with Crippen LogP contribution in [0.5, 0.6) is 0 Å². The molecule has 0 atom stereocenters. The van der Waals surface area contributed by atoms with Crippen LogP contribution in [0.2, 0.25) is 0 Å². The highest BCUT2D eigenvalue weighted by molar-refractivity contribution is 5.32. The van der Waals surface area contributed by atoms with E-state index in [1.54, 1.807) is 6.07 Å². The van der Waals surface area contributed by atoms with Gasteiger partial charge in [-0.05, 0) is 61.6 Å². The summed E-state index contributed by atoms with van der Waals surface area (Å²) in [5.74, 6) is -0.294. The third-order valence-corrected chi connectivity index (χ3v) is 4.82. The molecule has 0 bridgehead atoms. The Hall–Kier alpha value is -0.920. The van der Waals surface area contributed by atoms with Gasteiger partial charge in [0, 0.05) is 0 Å². The fraction of sp³-hybridized carbons (Fsp3) is 0.667. The van der Waals surface area contributed by atoms with Crippen LogP contribution in [0.1, 0.15) is 75.3 Å². The van der Waals surface area contributed by atoms with Crippen LogP contribution in [0.25, 0.3) is 0 Å². The summed E-state index contributed by atoms with van der Waals surface area (Å²) >= 11 is 0. The fourth-order valence-corrected chi connectivity index (χ4v) is 3.59. The van der Waals surface area contributed by atoms with E-state index in [0.29, 0.717) is 5.56 Å². The molecule has 1 fully saturated rings. The molecule has 2 rings (SSSR count). The van der Waals surface area contributed by atoms with Gasteiger partial charge < -0.3 is 0 Å². The van der Waals surface area contributed by atoms with Crippen molar-refractivity contribution in [1.82, 2.24) is 0 Å². The molecule has 0 amide bonds. The molecule has 1 saturated carbocycles. The number of hydrogen-bond donors (Lipinski definition) is 0. The molecule has 0 nitrogen and oxygen atoms in total. The first-order valence-electron chi connectivity index (χ1n) is 8.08. The molecule has 0 radical (unpaired) electrons. The lowest BCUT2D eigenvalue weighted by Crippen LogP contribution is -2.16. The van der Waals surface area contributed by atoms with Gasteiger partial charge in [0.1, 0.15) is 0 Å². The summed E-state index contributed by atoms with van der Waals surface area (Å²) in [4.78, 5) is 0. The summed E-state index contributed by atoms with van der Waals surface area (Å²) in [6, 6.07) is 2.95. The zero-order valence-electron chi connectivity index (χ0n) is 12.7. The van der Waals surface area contributed by atoms with E-state index in [2.05, 4.69) is 6.92 Å². The quantitative estimate of drug-likeness (QED) is 0.569. The predicted molar refractivity (Wildman–Crippen MR) is 79.9 cm³/mol. The second-order valence-corrected chi connectivity index (χ2v) is 6.31. The highest BCUT2D eigenvalue weighted by Gasteiger charge is 2.26. The van der Waals surface area contributed by atoms with Gasteiger partial charge in [-0.25, -0.2) is 8.78 Å². The van der Waals surface area contributed by atoms with Crippen molar-refractivity contribution in [3.8, 4) is 0 Å². The Morgan fingerprint density at radius 3 is 2.40 bits per heavy atom. The first-order valence-corrected chi connectivity index (χ1v) is 8.08. The Labute approximate surface area is 121 Å². The minimum absolute atomic E-state index is 0.216. The van der Waals surface area contributed by atoms with E-state index in [4.69, 9.17) is 0 Å². The summed E-state index contributed by atoms with van der Waals surface area (Å²) in [6.07, 6.45) is 9.58. The molecular weight excluding hydrogens is 254 g/mol. The number of rotatable bonds is 5. The third-order valence-electron chi connectivity index (χ3n) is 4.82. The molecule has 112 valence electrons. The predicted octanol–water partition coefficient (Wildman–Crippen LogP) is 6.13. The van der Waals surface area contributed by atoms with E-state index >= 15 is 0 Å². The van der Waals surface area contributed by atoms with E-state index in [0.717, 1.165) is 24.3 Å². The summed E-state index contributed by atoms with van der Waals surface area (Å²) in [6.45, 7) is 4.12. The number of hydrogen-bond acceptors (Lipinski definition) is 0. The minimum Gasteiger partial charge on any atom is -0.204 e. The third kappa shape index (κ3) is 3.59. The first-order chi connectivity index (χ1) is 9.63. The first kappa shape index (κ1) is 15.5. The Morgan fingerprint density at radius 1 is 1.05 bits per heavy atom. The van der Waals surface area contributed by atoms with Crippen molar-refractivity contribution >= 4 is 0 Å². The summed E-state index contributed by atoms with van der Waals surface area (Å²) in [7, 11) is 0. The standard InChI is InChI=1S/C18H26F2/c1-3-4-5-6-14-8-10-15(11-9-14)17-13(2)7-12-16(19)18(17)20/h7,12,14-15H,3-6,8-11H2,1-2H3. The molecule has 0 aromatic heterocycles. The second kappa shape index (κ2) is 7.19. The van der Waals surface area contributed by atoms with Gasteiger partial charge in [-0.3, -0.25) is 0 Å². The molecule has 1 aliphatic rings. The Kier molecular flexibility index (Phi) is 5.56. The molecule has 0 aliphatic heterocycles. The molecule has 0 saturated heterocycles. The number of unbranched alkanes of at least 4 members (excludes halogenated alkanes) is 2. The topological polar surface area (TPSA) is 0 Å². The molecule has 1 aromatic rings. The van der Waals surface area contributed by atoms with Crippen LogP contribution in [0, 0.1) is 24.5 Å². The van der Waals surface area contributed by atoms with Crippen molar-refractivity contribution in [3.05, 3.63) is 34.9 Å². The normalized spacial score (nSPS) is 23.0. The van der Waals surface area contributed by atoms with Crippen LogP contribution in [0.3, 0.4) is 0 Å². The van der Waals surface area contributed by atoms with Crippen molar-refractivity contribution in [3.63, 3.8) is 0 Å². The molecule has 1 aliphatic carbocycles. The lowest BCUT2D eigenvalue weighted by atomic mass is 9.76. The van der Waals surface area contributed by atoms with Crippen LogP contribution in [0.15, 0.2) is 12.1 Å². The Morgan fingerprint density at radius 2 is 1.75 bits per heavy atom. The molecule has 2 heteroatoms. The van der Waals surface area contributed by atoms with Gasteiger partial charge in [0.05, 0.1) is 0 Å². The van der Waals surface area contributed by atoms with Gasteiger partial charge >= 0.3 is 0 Å². The van der Waals surface area contributed by atoms with Gasteiger partial charge in [0.2, 0.25) is 0 Å². The van der Waals surface area contributed by atoms with Crippen LogP contribution in [-0.4, -0.2) is 0 Å². The lowest BCUT2D eigenvalue weighted by Gasteiger charge is -2.30. The number of aryl methyl sites for hydroxylation is 1. The van der Waals surface area contributed by atoms with Gasteiger partial charge in [0.25, 0.3) is 0 Å². The Balaban J connectivity index is 1.96. The minimum atomic E-state index is -0.698. The average molecular weight is 280 g/mol. The number of benzene rings is 1. The van der Waals surface area contributed by atoms with Crippen LogP contribution < -0.4 is 0 Å². The summed E-state index contributed by atoms with van der Waals surface area (Å²) in [5.41, 5.74) is 1.54. The zero-order chi connectivity index (χ0) is 14.5. The van der Waals surface area contributed by atoms with Gasteiger partial charge in [-0.15, -0.1) is 0 Å². The maximum absolute atomic E-state index is 14.0. The molecule has 0 heterocycles. The second-order valence-electron chi connectivity index (χ2n) is 6.31. The maximum Gasteiger partial charge on any atom is 0.162 e. The summed E-state index contributed by atoms with van der Waals surface area (Å²) < 4.78 is 27.4. The van der Waals surface area contributed by atoms with Crippen LogP contribution in [0.4, 0.5) is 8.78 Å². The van der Waals surface area contributed by atoms with E-state index < -0.39 is 11.6 Å². The fourth-order valence-electron chi connectivity index (χ4n) is 3.59. The van der Waals surface area contributed by atoms with E-state index in [-0.39, 0.29) is 5.92 Å². The van der Waals surface area contributed by atoms with Gasteiger partial charge in [-0.1, -0.05) is 38.7 Å². The van der Waals surface area contributed by atoms with Crippen LogP contribution >= 0.6 is 0 Å². The molecule has 0 N–H and O–H groups in total. The van der Waals surface area contributed by atoms with Crippen molar-refractivity contribution < 1.29 is 8.78 Å². The van der Waals surface area contributed by atoms with Crippen molar-refractivity contribution in [1.29, 1.82) is 0 Å². The maximum atomic E-state index is 14.0. The average Bonchev–Trinajstić information content (AvgIpc) is 2.45. The number of halogens is 2. The molecule has 1 aromatic carbocycles. The van der Waals surface area contributed by atoms with E-state index in [1.165, 1.54) is 44.6 Å². The zero-order valence-corrected chi connectivity index (χ0v) is 12.7. The Bertz CT molecular complexity index is 431. The molecular formula is C18H26F2. The molecule has 0 unspecified atom stereocenters. The highest BCUT2D eigenvalue weighted by Crippen LogP contribution is 2.40. The van der Waals surface area contributed by atoms with E-state index in [9.17, 15) is 8.78 Å². The monoisotopic (exact) mass is 280 g/mol.